The van der Waals surface area contributed by atoms with Gasteiger partial charge in [-0.25, -0.2) is 14.4 Å². The van der Waals surface area contributed by atoms with Gasteiger partial charge >= 0.3 is 18.0 Å². The van der Waals surface area contributed by atoms with Crippen LogP contribution < -0.4 is 9.47 Å². The summed E-state index contributed by atoms with van der Waals surface area (Å²) in [7, 11) is 1.53. The van der Waals surface area contributed by atoms with E-state index in [4.69, 9.17) is 14.2 Å². The molecule has 252 valence electrons. The molecule has 0 bridgehead atoms. The molecule has 12 heteroatoms. The Morgan fingerprint density at radius 1 is 0.889 bits per heavy atom. The third-order valence-corrected chi connectivity index (χ3v) is 7.83. The molecule has 1 aliphatic heterocycles. The predicted octanol–water partition coefficient (Wildman–Crippen LogP) is 5.12. The molecule has 1 saturated heterocycles. The number of likely N-dealkylation sites (tertiary alicyclic amines) is 1. The third kappa shape index (κ3) is 9.58. The number of Topliss-reactive ketones (excluding diaryl/α,β-unsaturated/α-hetero) is 1. The molecule has 2 amide bonds. The normalized spacial score (nSPS) is 14.8. The Labute approximate surface area is 266 Å². The van der Waals surface area contributed by atoms with E-state index < -0.39 is 46.4 Å². The second kappa shape index (κ2) is 14.1. The fourth-order valence-electron chi connectivity index (χ4n) is 5.74. The monoisotopic (exact) mass is 634 g/mol. The van der Waals surface area contributed by atoms with E-state index in [0.29, 0.717) is 25.9 Å². The maximum Gasteiger partial charge on any atom is 0.410 e. The summed E-state index contributed by atoms with van der Waals surface area (Å²) in [5.41, 5.74) is -4.03. The third-order valence-electron chi connectivity index (χ3n) is 7.83. The summed E-state index contributed by atoms with van der Waals surface area (Å²) in [5, 5.41) is 19.6. The number of likely N-dealkylation sites (N-methyl/N-ethyl adjacent to an activating group) is 1. The first-order chi connectivity index (χ1) is 20.5. The Morgan fingerprint density at radius 2 is 1.44 bits per heavy atom. The highest BCUT2D eigenvalue weighted by molar-refractivity contribution is 6.00. The minimum absolute atomic E-state index is 0.0257. The maximum atomic E-state index is 13.2. The van der Waals surface area contributed by atoms with E-state index >= 15 is 0 Å². The molecule has 0 spiro atoms. The molecular weight excluding hydrogens is 584 g/mol. The minimum Gasteiger partial charge on any atom is -0.479 e. The molecule has 0 unspecified atom stereocenters. The molecule has 1 aromatic rings. The molecule has 1 aromatic carbocycles. The number of carboxylic acids is 2. The van der Waals surface area contributed by atoms with Gasteiger partial charge in [0.1, 0.15) is 5.60 Å². The van der Waals surface area contributed by atoms with Crippen molar-refractivity contribution in [1.82, 2.24) is 9.80 Å². The van der Waals surface area contributed by atoms with E-state index in [1.54, 1.807) is 46.4 Å². The maximum absolute atomic E-state index is 13.2. The molecule has 1 heterocycles. The van der Waals surface area contributed by atoms with Crippen molar-refractivity contribution >= 4 is 29.7 Å². The van der Waals surface area contributed by atoms with Gasteiger partial charge in [-0.3, -0.25) is 9.59 Å². The molecule has 1 aliphatic rings. The highest BCUT2D eigenvalue weighted by atomic mass is 16.6. The molecule has 0 radical (unpaired) electrons. The number of aliphatic carboxylic acids is 2. The number of nitrogens with zero attached hydrogens (tertiary/aromatic N) is 2. The smallest absolute Gasteiger partial charge is 0.410 e. The number of carbonyl (C=O) groups excluding carboxylic acids is 3. The van der Waals surface area contributed by atoms with E-state index in [9.17, 15) is 34.2 Å². The predicted molar refractivity (Wildman–Crippen MR) is 167 cm³/mol. The lowest BCUT2D eigenvalue weighted by Crippen LogP contribution is -2.63. The standard InChI is InChI=1S/C33H50N2O10/c1-30(2,3)33(28(40)41,31(4,5)6)44-24-12-11-22(18-25(24)43-20-27(38)39)23(36)19-34(10)26(37)17-21-13-15-35(16-14-21)29(42)45-32(7,8)9/h11-12,18,21H,13-17,19-20H2,1-10H3,(H,38,39)(H,40,41). The second-order valence-corrected chi connectivity index (χ2v) is 14.7. The van der Waals surface area contributed by atoms with Crippen molar-refractivity contribution in [3.05, 3.63) is 23.8 Å². The van der Waals surface area contributed by atoms with Crippen LogP contribution >= 0.6 is 0 Å². The number of carbonyl (C=O) groups is 5. The number of hydrogen-bond donors (Lipinski definition) is 2. The van der Waals surface area contributed by atoms with Gasteiger partial charge in [0.25, 0.3) is 0 Å². The summed E-state index contributed by atoms with van der Waals surface area (Å²) < 4.78 is 17.1. The summed E-state index contributed by atoms with van der Waals surface area (Å²) >= 11 is 0. The minimum atomic E-state index is -1.76. The Kier molecular flexibility index (Phi) is 11.7. The SMILES string of the molecule is CN(CC(=O)c1ccc(OC(C(=O)O)(C(C)(C)C)C(C)(C)C)c(OCC(=O)O)c1)C(=O)CC1CCN(C(=O)OC(C)(C)C)CC1. The number of rotatable bonds is 11. The van der Waals surface area contributed by atoms with Crippen LogP contribution in [0.1, 0.15) is 91.9 Å². The largest absolute Gasteiger partial charge is 0.479 e. The fraction of sp³-hybridized carbons (Fsp3) is 0.667. The number of piperidine rings is 1. The van der Waals surface area contributed by atoms with Crippen LogP contribution in [0.25, 0.3) is 0 Å². The molecule has 2 N–H and O–H groups in total. The summed E-state index contributed by atoms with van der Waals surface area (Å²) in [6.45, 7) is 15.8. The quantitative estimate of drug-likeness (QED) is 0.313. The molecule has 45 heavy (non-hydrogen) atoms. The van der Waals surface area contributed by atoms with E-state index in [0.717, 1.165) is 0 Å². The summed E-state index contributed by atoms with van der Waals surface area (Å²) in [5.74, 6) is -3.19. The van der Waals surface area contributed by atoms with Gasteiger partial charge in [-0.1, -0.05) is 41.5 Å². The van der Waals surface area contributed by atoms with Crippen LogP contribution in [0.2, 0.25) is 0 Å². The first-order valence-corrected chi connectivity index (χ1v) is 15.1. The second-order valence-electron chi connectivity index (χ2n) is 14.7. The van der Waals surface area contributed by atoms with E-state index in [1.165, 1.54) is 30.1 Å². The van der Waals surface area contributed by atoms with Crippen LogP contribution in [0.15, 0.2) is 18.2 Å². The van der Waals surface area contributed by atoms with Crippen LogP contribution in [0.4, 0.5) is 4.79 Å². The highest BCUT2D eigenvalue weighted by Crippen LogP contribution is 2.49. The van der Waals surface area contributed by atoms with Gasteiger partial charge in [-0.15, -0.1) is 0 Å². The van der Waals surface area contributed by atoms with Crippen LogP contribution in [0.5, 0.6) is 11.5 Å². The number of amides is 2. The van der Waals surface area contributed by atoms with Crippen molar-refractivity contribution in [3.8, 4) is 11.5 Å². The lowest BCUT2D eigenvalue weighted by Gasteiger charge is -2.49. The molecule has 2 rings (SSSR count). The molecule has 0 aliphatic carbocycles. The Hall–Kier alpha value is -3.83. The molecule has 0 aromatic heterocycles. The Balaban J connectivity index is 2.19. The molecule has 0 atom stereocenters. The zero-order valence-electron chi connectivity index (χ0n) is 28.3. The summed E-state index contributed by atoms with van der Waals surface area (Å²) in [6.07, 6.45) is 1.13. The van der Waals surface area contributed by atoms with Crippen molar-refractivity contribution < 1.29 is 48.4 Å². The fourth-order valence-corrected chi connectivity index (χ4v) is 5.74. The molecular formula is C33H50N2O10. The summed E-state index contributed by atoms with van der Waals surface area (Å²) in [4.78, 5) is 65.6. The van der Waals surface area contributed by atoms with Crippen LogP contribution in [0, 0.1) is 16.7 Å². The topological polar surface area (TPSA) is 160 Å². The van der Waals surface area contributed by atoms with Gasteiger partial charge in [0.15, 0.2) is 23.9 Å². The van der Waals surface area contributed by atoms with E-state index in [2.05, 4.69) is 0 Å². The van der Waals surface area contributed by atoms with Crippen LogP contribution in [-0.4, -0.2) is 94.2 Å². The average Bonchev–Trinajstić information content (AvgIpc) is 2.88. The zero-order valence-corrected chi connectivity index (χ0v) is 28.3. The van der Waals surface area contributed by atoms with Gasteiger partial charge < -0.3 is 34.2 Å². The van der Waals surface area contributed by atoms with E-state index in [-0.39, 0.29) is 47.9 Å². The van der Waals surface area contributed by atoms with Gasteiger partial charge in [-0.2, -0.15) is 0 Å². The molecule has 1 fully saturated rings. The average molecular weight is 635 g/mol. The number of ketones is 1. The van der Waals surface area contributed by atoms with E-state index in [1.807, 2.05) is 20.8 Å². The van der Waals surface area contributed by atoms with Crippen molar-refractivity contribution in [1.29, 1.82) is 0 Å². The van der Waals surface area contributed by atoms with Crippen LogP contribution in [0.3, 0.4) is 0 Å². The lowest BCUT2D eigenvalue weighted by atomic mass is 9.62. The Bertz CT molecular complexity index is 1250. The number of ether oxygens (including phenoxy) is 3. The Morgan fingerprint density at radius 3 is 1.91 bits per heavy atom. The lowest BCUT2D eigenvalue weighted by molar-refractivity contribution is -0.184. The van der Waals surface area contributed by atoms with Crippen molar-refractivity contribution in [2.45, 2.75) is 92.8 Å². The number of hydrogen-bond acceptors (Lipinski definition) is 8. The first kappa shape index (κ1) is 37.4. The van der Waals surface area contributed by atoms with Gasteiger partial charge in [0.05, 0.1) is 6.54 Å². The van der Waals surface area contributed by atoms with Crippen molar-refractivity contribution in [2.75, 3.05) is 33.3 Å². The number of carboxylic acid groups (broad SMARTS) is 2. The zero-order chi connectivity index (χ0) is 34.5. The first-order valence-electron chi connectivity index (χ1n) is 15.1. The summed E-state index contributed by atoms with van der Waals surface area (Å²) in [6, 6.07) is 4.14. The number of benzene rings is 1. The van der Waals surface area contributed by atoms with Crippen molar-refractivity contribution in [2.24, 2.45) is 16.7 Å². The van der Waals surface area contributed by atoms with Gasteiger partial charge in [0, 0.05) is 43.0 Å². The van der Waals surface area contributed by atoms with Crippen molar-refractivity contribution in [3.63, 3.8) is 0 Å². The highest BCUT2D eigenvalue weighted by Gasteiger charge is 2.60. The molecule has 12 nitrogen and oxygen atoms in total. The molecule has 0 saturated carbocycles. The van der Waals surface area contributed by atoms with Crippen LogP contribution in [-0.2, 0) is 19.1 Å². The van der Waals surface area contributed by atoms with Gasteiger partial charge in [-0.05, 0) is 57.7 Å². The van der Waals surface area contributed by atoms with Gasteiger partial charge in [0.2, 0.25) is 11.5 Å².